The number of benzene rings is 2. The van der Waals surface area contributed by atoms with Crippen molar-refractivity contribution in [2.75, 3.05) is 38.6 Å². The van der Waals surface area contributed by atoms with Gasteiger partial charge >= 0.3 is 0 Å². The van der Waals surface area contributed by atoms with E-state index in [-0.39, 0.29) is 0 Å². The van der Waals surface area contributed by atoms with Gasteiger partial charge in [0.25, 0.3) is 0 Å². The Morgan fingerprint density at radius 3 is 2.62 bits per heavy atom. The summed E-state index contributed by atoms with van der Waals surface area (Å²) in [6, 6.07) is 18.6. The van der Waals surface area contributed by atoms with Crippen molar-refractivity contribution < 1.29 is 0 Å². The number of nitrogens with one attached hydrogen (secondary N) is 1. The summed E-state index contributed by atoms with van der Waals surface area (Å²) in [4.78, 5) is 9.04. The quantitative estimate of drug-likeness (QED) is 0.640. The molecule has 0 amide bonds. The third-order valence-electron chi connectivity index (χ3n) is 4.86. The molecule has 1 fully saturated rings. The number of hydrogen-bond donors (Lipinski definition) is 1. The Hall–Kier alpha value is -2.20. The van der Waals surface area contributed by atoms with E-state index < -0.39 is 0 Å². The zero-order valence-corrected chi connectivity index (χ0v) is 16.3. The van der Waals surface area contributed by atoms with E-state index >= 15 is 0 Å². The highest BCUT2D eigenvalue weighted by atomic mass is 35.5. The molecule has 1 saturated heterocycles. The molecule has 1 atom stereocenters. The number of halogens is 1. The van der Waals surface area contributed by atoms with Crippen molar-refractivity contribution in [1.82, 2.24) is 10.2 Å². The van der Waals surface area contributed by atoms with Gasteiger partial charge in [0.1, 0.15) is 0 Å². The molecule has 3 rings (SSSR count). The molecule has 0 bridgehead atoms. The summed E-state index contributed by atoms with van der Waals surface area (Å²) in [6.45, 7) is 3.96. The van der Waals surface area contributed by atoms with Crippen LogP contribution in [0.2, 0.25) is 5.02 Å². The Bertz CT molecular complexity index is 715. The van der Waals surface area contributed by atoms with Gasteiger partial charge in [-0.05, 0) is 42.2 Å². The molecule has 0 radical (unpaired) electrons. The molecule has 4 nitrogen and oxygen atoms in total. The van der Waals surface area contributed by atoms with Crippen molar-refractivity contribution in [3.8, 4) is 0 Å². The fourth-order valence-corrected chi connectivity index (χ4v) is 3.56. The third-order valence-corrected chi connectivity index (χ3v) is 5.11. The number of rotatable bonds is 5. The minimum Gasteiger partial charge on any atom is -0.371 e. The summed E-state index contributed by atoms with van der Waals surface area (Å²) in [5.41, 5.74) is 2.54. The third kappa shape index (κ3) is 4.92. The van der Waals surface area contributed by atoms with E-state index in [9.17, 15) is 0 Å². The minimum atomic E-state index is 0.635. The second-order valence-electron chi connectivity index (χ2n) is 6.85. The van der Waals surface area contributed by atoms with Crippen molar-refractivity contribution in [3.63, 3.8) is 0 Å². The summed E-state index contributed by atoms with van der Waals surface area (Å²) in [5, 5.41) is 4.30. The molecule has 0 aliphatic carbocycles. The lowest BCUT2D eigenvalue weighted by Crippen LogP contribution is -2.41. The van der Waals surface area contributed by atoms with Crippen LogP contribution in [0.4, 0.5) is 5.69 Å². The van der Waals surface area contributed by atoms with Gasteiger partial charge in [-0.15, -0.1) is 0 Å². The van der Waals surface area contributed by atoms with Gasteiger partial charge in [-0.2, -0.15) is 0 Å². The summed E-state index contributed by atoms with van der Waals surface area (Å²) in [5.74, 6) is 1.56. The Morgan fingerprint density at radius 2 is 1.92 bits per heavy atom. The number of nitrogens with zero attached hydrogens (tertiary/aromatic N) is 3. The highest BCUT2D eigenvalue weighted by Crippen LogP contribution is 2.23. The first kappa shape index (κ1) is 18.6. The van der Waals surface area contributed by atoms with Crippen LogP contribution >= 0.6 is 11.6 Å². The molecular weight excluding hydrogens is 344 g/mol. The number of hydrogen-bond acceptors (Lipinski definition) is 2. The maximum atomic E-state index is 5.96. The van der Waals surface area contributed by atoms with Crippen LogP contribution in [0.3, 0.4) is 0 Å². The standard InChI is InChI=1S/C21H27ClN4/c1-23-21(25(2)15-17-8-10-19(22)11-9-17)24-14-18-12-13-26(16-18)20-6-4-3-5-7-20/h3-11,18H,12-16H2,1-2H3,(H,23,24). The van der Waals surface area contributed by atoms with Gasteiger partial charge in [0.15, 0.2) is 5.96 Å². The van der Waals surface area contributed by atoms with Crippen LogP contribution in [0, 0.1) is 5.92 Å². The van der Waals surface area contributed by atoms with Crippen molar-refractivity contribution in [2.45, 2.75) is 13.0 Å². The van der Waals surface area contributed by atoms with Gasteiger partial charge in [-0.25, -0.2) is 0 Å². The van der Waals surface area contributed by atoms with E-state index in [0.29, 0.717) is 5.92 Å². The minimum absolute atomic E-state index is 0.635. The fourth-order valence-electron chi connectivity index (χ4n) is 3.43. The van der Waals surface area contributed by atoms with Crippen LogP contribution in [0.1, 0.15) is 12.0 Å². The predicted octanol–water partition coefficient (Wildman–Crippen LogP) is 3.87. The summed E-state index contributed by atoms with van der Waals surface area (Å²) < 4.78 is 0. The molecule has 2 aromatic carbocycles. The van der Waals surface area contributed by atoms with Crippen molar-refractivity contribution in [2.24, 2.45) is 10.9 Å². The van der Waals surface area contributed by atoms with Crippen LogP contribution in [0.15, 0.2) is 59.6 Å². The Balaban J connectivity index is 1.49. The SMILES string of the molecule is CN=C(NCC1CCN(c2ccccc2)C1)N(C)Cc1ccc(Cl)cc1. The van der Waals surface area contributed by atoms with Crippen molar-refractivity contribution in [3.05, 3.63) is 65.2 Å². The maximum absolute atomic E-state index is 5.96. The molecule has 1 aliphatic heterocycles. The summed E-state index contributed by atoms with van der Waals surface area (Å²) in [6.07, 6.45) is 1.21. The molecule has 26 heavy (non-hydrogen) atoms. The molecule has 138 valence electrons. The maximum Gasteiger partial charge on any atom is 0.193 e. The van der Waals surface area contributed by atoms with E-state index in [0.717, 1.165) is 37.2 Å². The van der Waals surface area contributed by atoms with Crippen LogP contribution < -0.4 is 10.2 Å². The van der Waals surface area contributed by atoms with Gasteiger partial charge in [0.2, 0.25) is 0 Å². The van der Waals surface area contributed by atoms with E-state index in [1.165, 1.54) is 17.7 Å². The molecule has 0 spiro atoms. The molecule has 0 saturated carbocycles. The smallest absolute Gasteiger partial charge is 0.193 e. The first-order valence-electron chi connectivity index (χ1n) is 9.12. The van der Waals surface area contributed by atoms with E-state index in [2.05, 4.69) is 69.6 Å². The second-order valence-corrected chi connectivity index (χ2v) is 7.28. The molecular formula is C21H27ClN4. The highest BCUT2D eigenvalue weighted by molar-refractivity contribution is 6.30. The van der Waals surface area contributed by atoms with Crippen LogP contribution in [0.5, 0.6) is 0 Å². The monoisotopic (exact) mass is 370 g/mol. The normalized spacial score (nSPS) is 17.4. The lowest BCUT2D eigenvalue weighted by atomic mass is 10.1. The predicted molar refractivity (Wildman–Crippen MR) is 111 cm³/mol. The lowest BCUT2D eigenvalue weighted by Gasteiger charge is -2.24. The van der Waals surface area contributed by atoms with Gasteiger partial charge in [0.05, 0.1) is 0 Å². The summed E-state index contributed by atoms with van der Waals surface area (Å²) >= 11 is 5.96. The van der Waals surface area contributed by atoms with Crippen LogP contribution in [0.25, 0.3) is 0 Å². The van der Waals surface area contributed by atoms with Gasteiger partial charge in [-0.3, -0.25) is 4.99 Å². The molecule has 1 aliphatic rings. The Morgan fingerprint density at radius 1 is 1.19 bits per heavy atom. The largest absolute Gasteiger partial charge is 0.371 e. The molecule has 1 N–H and O–H groups in total. The average molecular weight is 371 g/mol. The Labute approximate surface area is 161 Å². The van der Waals surface area contributed by atoms with E-state index in [1.54, 1.807) is 0 Å². The Kier molecular flexibility index (Phi) is 6.40. The van der Waals surface area contributed by atoms with Crippen LogP contribution in [-0.4, -0.2) is 44.6 Å². The molecule has 1 heterocycles. The van der Waals surface area contributed by atoms with Crippen molar-refractivity contribution in [1.29, 1.82) is 0 Å². The molecule has 0 aromatic heterocycles. The topological polar surface area (TPSA) is 30.9 Å². The molecule has 5 heteroatoms. The number of para-hydroxylation sites is 1. The van der Waals surface area contributed by atoms with Gasteiger partial charge < -0.3 is 15.1 Å². The van der Waals surface area contributed by atoms with Crippen molar-refractivity contribution >= 4 is 23.2 Å². The van der Waals surface area contributed by atoms with E-state index in [1.807, 2.05) is 19.2 Å². The lowest BCUT2D eigenvalue weighted by molar-refractivity contribution is 0.462. The number of aliphatic imine (C=N–C) groups is 1. The average Bonchev–Trinajstić information content (AvgIpc) is 3.14. The number of anilines is 1. The zero-order chi connectivity index (χ0) is 18.4. The van der Waals surface area contributed by atoms with Gasteiger partial charge in [0, 0.05) is 51.0 Å². The highest BCUT2D eigenvalue weighted by Gasteiger charge is 2.23. The van der Waals surface area contributed by atoms with E-state index in [4.69, 9.17) is 11.6 Å². The first-order valence-corrected chi connectivity index (χ1v) is 9.49. The second kappa shape index (κ2) is 8.95. The molecule has 2 aromatic rings. The van der Waals surface area contributed by atoms with Crippen LogP contribution in [-0.2, 0) is 6.54 Å². The fraction of sp³-hybridized carbons (Fsp3) is 0.381. The number of guanidine groups is 1. The molecule has 1 unspecified atom stereocenters. The zero-order valence-electron chi connectivity index (χ0n) is 15.5. The summed E-state index contributed by atoms with van der Waals surface area (Å²) in [7, 11) is 3.90. The van der Waals surface area contributed by atoms with Gasteiger partial charge in [-0.1, -0.05) is 41.9 Å². The first-order chi connectivity index (χ1) is 12.7.